The molecule has 0 fully saturated rings. The van der Waals surface area contributed by atoms with Gasteiger partial charge in [0.15, 0.2) is 0 Å². The Morgan fingerprint density at radius 2 is 1.18 bits per heavy atom. The third-order valence-corrected chi connectivity index (χ3v) is 7.10. The van der Waals surface area contributed by atoms with Crippen molar-refractivity contribution in [1.29, 1.82) is 0 Å². The van der Waals surface area contributed by atoms with E-state index in [1.54, 1.807) is 6.20 Å². The fourth-order valence-electron chi connectivity index (χ4n) is 5.49. The maximum atomic E-state index is 5.00. The van der Waals surface area contributed by atoms with Crippen molar-refractivity contribution in [3.05, 3.63) is 122 Å². The molecule has 0 aliphatic heterocycles. The zero-order valence-electron chi connectivity index (χ0n) is 20.2. The van der Waals surface area contributed by atoms with Crippen LogP contribution in [0.3, 0.4) is 0 Å². The minimum atomic E-state index is 0.834. The molecule has 0 bridgehead atoms. The lowest BCUT2D eigenvalue weighted by Gasteiger charge is -2.12. The SMILES string of the molecule is c1ccc(-n2c3cccnc3c3cnc4c5ccccc5n(-c5ccc(-c6ccccn6)nc5)c4c32)cc1. The van der Waals surface area contributed by atoms with Gasteiger partial charge in [0.2, 0.25) is 0 Å². The predicted octanol–water partition coefficient (Wildman–Crippen LogP) is 7.13. The van der Waals surface area contributed by atoms with Gasteiger partial charge in [-0.2, -0.15) is 0 Å². The Morgan fingerprint density at radius 1 is 0.421 bits per heavy atom. The molecule has 0 unspecified atom stereocenters. The largest absolute Gasteiger partial charge is 0.305 e. The standard InChI is InChI=1S/C32H20N6/c1-2-9-21(10-3-1)37-28-14-8-18-34-29(28)24-20-36-30-23-11-4-5-13-27(23)38(32(30)31(24)37)22-15-16-26(35-19-22)25-12-6-7-17-33-25/h1-20H. The fraction of sp³-hybridized carbons (Fsp3) is 0. The van der Waals surface area contributed by atoms with Crippen molar-refractivity contribution in [3.63, 3.8) is 0 Å². The highest BCUT2D eigenvalue weighted by molar-refractivity contribution is 6.21. The van der Waals surface area contributed by atoms with E-state index in [1.165, 1.54) is 0 Å². The average molecular weight is 489 g/mol. The molecule has 6 heteroatoms. The summed E-state index contributed by atoms with van der Waals surface area (Å²) in [5.74, 6) is 0. The molecule has 0 aliphatic carbocycles. The Labute approximate surface area is 217 Å². The topological polar surface area (TPSA) is 61.4 Å². The molecule has 8 aromatic rings. The monoisotopic (exact) mass is 488 g/mol. The first-order valence-electron chi connectivity index (χ1n) is 12.5. The van der Waals surface area contributed by atoms with Crippen LogP contribution in [0, 0.1) is 0 Å². The number of para-hydroxylation sites is 2. The van der Waals surface area contributed by atoms with Crippen LogP contribution in [-0.2, 0) is 0 Å². The Balaban J connectivity index is 1.52. The van der Waals surface area contributed by atoms with E-state index in [9.17, 15) is 0 Å². The third-order valence-electron chi connectivity index (χ3n) is 7.10. The van der Waals surface area contributed by atoms with Crippen LogP contribution < -0.4 is 0 Å². The lowest BCUT2D eigenvalue weighted by Crippen LogP contribution is -2.00. The van der Waals surface area contributed by atoms with Gasteiger partial charge < -0.3 is 9.13 Å². The van der Waals surface area contributed by atoms with Crippen LogP contribution in [-0.4, -0.2) is 29.1 Å². The van der Waals surface area contributed by atoms with Gasteiger partial charge in [0.25, 0.3) is 0 Å². The fourth-order valence-corrected chi connectivity index (χ4v) is 5.49. The molecule has 178 valence electrons. The van der Waals surface area contributed by atoms with E-state index in [0.717, 1.165) is 66.6 Å². The van der Waals surface area contributed by atoms with Crippen molar-refractivity contribution < 1.29 is 0 Å². The molecule has 0 atom stereocenters. The summed E-state index contributed by atoms with van der Waals surface area (Å²) in [7, 11) is 0. The maximum Gasteiger partial charge on any atom is 0.0985 e. The number of benzene rings is 2. The first-order chi connectivity index (χ1) is 18.9. The number of rotatable bonds is 3. The summed E-state index contributed by atoms with van der Waals surface area (Å²) in [6.45, 7) is 0. The van der Waals surface area contributed by atoms with Gasteiger partial charge in [0.1, 0.15) is 0 Å². The van der Waals surface area contributed by atoms with Gasteiger partial charge in [0, 0.05) is 35.1 Å². The summed E-state index contributed by atoms with van der Waals surface area (Å²) in [5, 5.41) is 2.11. The Hall–Kier alpha value is -5.36. The highest BCUT2D eigenvalue weighted by atomic mass is 15.1. The van der Waals surface area contributed by atoms with Crippen LogP contribution in [0.1, 0.15) is 0 Å². The number of hydrogen-bond donors (Lipinski definition) is 0. The second kappa shape index (κ2) is 8.08. The molecule has 0 saturated carbocycles. The van der Waals surface area contributed by atoms with Crippen LogP contribution in [0.5, 0.6) is 0 Å². The van der Waals surface area contributed by atoms with Crippen LogP contribution in [0.15, 0.2) is 122 Å². The molecule has 38 heavy (non-hydrogen) atoms. The average Bonchev–Trinajstić information content (AvgIpc) is 3.51. The molecule has 0 spiro atoms. The second-order valence-electron chi connectivity index (χ2n) is 9.23. The van der Waals surface area contributed by atoms with E-state index in [4.69, 9.17) is 15.0 Å². The molecule has 6 heterocycles. The summed E-state index contributed by atoms with van der Waals surface area (Å²) >= 11 is 0. The summed E-state index contributed by atoms with van der Waals surface area (Å²) < 4.78 is 4.57. The molecular weight excluding hydrogens is 468 g/mol. The number of nitrogens with zero attached hydrogens (tertiary/aromatic N) is 6. The smallest absolute Gasteiger partial charge is 0.0985 e. The summed E-state index contributed by atoms with van der Waals surface area (Å²) in [4.78, 5) is 19.0. The highest BCUT2D eigenvalue weighted by Crippen LogP contribution is 2.39. The van der Waals surface area contributed by atoms with E-state index >= 15 is 0 Å². The third kappa shape index (κ3) is 2.94. The molecule has 0 saturated heterocycles. The van der Waals surface area contributed by atoms with Crippen molar-refractivity contribution in [2.45, 2.75) is 0 Å². The normalized spacial score (nSPS) is 11.7. The van der Waals surface area contributed by atoms with Gasteiger partial charge in [-0.25, -0.2) is 0 Å². The van der Waals surface area contributed by atoms with Gasteiger partial charge >= 0.3 is 0 Å². The molecule has 0 amide bonds. The van der Waals surface area contributed by atoms with Crippen LogP contribution in [0.25, 0.3) is 66.6 Å². The van der Waals surface area contributed by atoms with Crippen molar-refractivity contribution in [2.24, 2.45) is 0 Å². The lowest BCUT2D eigenvalue weighted by molar-refractivity contribution is 1.12. The molecule has 6 nitrogen and oxygen atoms in total. The zero-order valence-corrected chi connectivity index (χ0v) is 20.2. The summed E-state index contributed by atoms with van der Waals surface area (Å²) in [6, 6.07) is 33.0. The summed E-state index contributed by atoms with van der Waals surface area (Å²) in [6.07, 6.45) is 7.52. The number of fused-ring (bicyclic) bond motifs is 7. The Morgan fingerprint density at radius 3 is 2.03 bits per heavy atom. The van der Waals surface area contributed by atoms with E-state index in [2.05, 4.69) is 74.8 Å². The highest BCUT2D eigenvalue weighted by Gasteiger charge is 2.22. The number of pyridine rings is 4. The molecule has 0 N–H and O–H groups in total. The Kier molecular flexibility index (Phi) is 4.42. The van der Waals surface area contributed by atoms with Gasteiger partial charge in [-0.05, 0) is 54.6 Å². The first kappa shape index (κ1) is 20.8. The molecule has 6 aromatic heterocycles. The van der Waals surface area contributed by atoms with Crippen LogP contribution in [0.2, 0.25) is 0 Å². The minimum Gasteiger partial charge on any atom is -0.305 e. The van der Waals surface area contributed by atoms with Gasteiger partial charge in [-0.3, -0.25) is 19.9 Å². The maximum absolute atomic E-state index is 5.00. The summed E-state index contributed by atoms with van der Waals surface area (Å²) in [5.41, 5.74) is 9.81. The molecule has 8 rings (SSSR count). The van der Waals surface area contributed by atoms with Crippen molar-refractivity contribution in [1.82, 2.24) is 29.1 Å². The van der Waals surface area contributed by atoms with Gasteiger partial charge in [-0.1, -0.05) is 42.5 Å². The van der Waals surface area contributed by atoms with E-state index in [1.807, 2.05) is 55.0 Å². The predicted molar refractivity (Wildman–Crippen MR) is 152 cm³/mol. The van der Waals surface area contributed by atoms with Crippen LogP contribution >= 0.6 is 0 Å². The quantitative estimate of drug-likeness (QED) is 0.265. The zero-order chi connectivity index (χ0) is 25.1. The molecule has 2 aromatic carbocycles. The van der Waals surface area contributed by atoms with Crippen molar-refractivity contribution >= 4 is 43.9 Å². The van der Waals surface area contributed by atoms with Crippen molar-refractivity contribution in [3.8, 4) is 22.8 Å². The van der Waals surface area contributed by atoms with Gasteiger partial charge in [-0.15, -0.1) is 0 Å². The minimum absolute atomic E-state index is 0.834. The van der Waals surface area contributed by atoms with E-state index < -0.39 is 0 Å². The lowest BCUT2D eigenvalue weighted by atomic mass is 10.2. The molecular formula is C32H20N6. The number of hydrogen-bond acceptors (Lipinski definition) is 4. The van der Waals surface area contributed by atoms with E-state index in [0.29, 0.717) is 0 Å². The van der Waals surface area contributed by atoms with Crippen LogP contribution in [0.4, 0.5) is 0 Å². The van der Waals surface area contributed by atoms with E-state index in [-0.39, 0.29) is 0 Å². The van der Waals surface area contributed by atoms with Crippen molar-refractivity contribution in [2.75, 3.05) is 0 Å². The number of aromatic nitrogens is 6. The Bertz CT molecular complexity index is 2110. The molecule has 0 aliphatic rings. The second-order valence-corrected chi connectivity index (χ2v) is 9.23. The first-order valence-corrected chi connectivity index (χ1v) is 12.5. The van der Waals surface area contributed by atoms with Gasteiger partial charge in [0.05, 0.1) is 56.4 Å². The molecule has 0 radical (unpaired) electrons.